The molecule has 1 N–H and O–H groups in total. The number of para-hydroxylation sites is 1. The van der Waals surface area contributed by atoms with Gasteiger partial charge < -0.3 is 4.98 Å². The van der Waals surface area contributed by atoms with Gasteiger partial charge in [-0.15, -0.1) is 0 Å². The third-order valence-corrected chi connectivity index (χ3v) is 3.55. The molecule has 2 nitrogen and oxygen atoms in total. The number of nitrogens with zero attached hydrogens (tertiary/aromatic N) is 1. The molecule has 0 aliphatic carbocycles. The van der Waals surface area contributed by atoms with Crippen molar-refractivity contribution in [3.05, 3.63) is 57.3 Å². The molecule has 0 saturated carbocycles. The van der Waals surface area contributed by atoms with Crippen LogP contribution in [0.2, 0.25) is 10.0 Å². The van der Waals surface area contributed by atoms with Crippen molar-refractivity contribution in [3.63, 3.8) is 0 Å². The Bertz CT molecular complexity index is 789. The summed E-state index contributed by atoms with van der Waals surface area (Å²) >= 11 is 17.6. The highest BCUT2D eigenvalue weighted by Crippen LogP contribution is 2.27. The Kier molecular flexibility index (Phi) is 2.90. The first-order valence-corrected chi connectivity index (χ1v) is 6.48. The van der Waals surface area contributed by atoms with Crippen molar-refractivity contribution in [1.82, 2.24) is 9.55 Å². The second-order valence-electron chi connectivity index (χ2n) is 3.88. The Labute approximate surface area is 119 Å². The summed E-state index contributed by atoms with van der Waals surface area (Å²) < 4.78 is 2.49. The van der Waals surface area contributed by atoms with Crippen LogP contribution >= 0.6 is 35.4 Å². The second-order valence-corrected chi connectivity index (χ2v) is 5.11. The van der Waals surface area contributed by atoms with Crippen LogP contribution in [0.15, 0.2) is 42.5 Å². The van der Waals surface area contributed by atoms with E-state index in [0.717, 1.165) is 16.7 Å². The zero-order chi connectivity index (χ0) is 12.7. The van der Waals surface area contributed by atoms with E-state index in [4.69, 9.17) is 35.4 Å². The molecule has 1 aromatic heterocycles. The monoisotopic (exact) mass is 294 g/mol. The van der Waals surface area contributed by atoms with Crippen molar-refractivity contribution in [2.45, 2.75) is 0 Å². The van der Waals surface area contributed by atoms with Gasteiger partial charge in [-0.1, -0.05) is 35.3 Å². The lowest BCUT2D eigenvalue weighted by molar-refractivity contribution is 1.07. The highest BCUT2D eigenvalue weighted by Gasteiger charge is 2.09. The number of aromatic nitrogens is 2. The molecule has 90 valence electrons. The molecule has 0 aliphatic heterocycles. The maximum absolute atomic E-state index is 6.25. The fraction of sp³-hybridized carbons (Fsp3) is 0. The Morgan fingerprint density at radius 1 is 1.06 bits per heavy atom. The minimum atomic E-state index is 0.598. The van der Waals surface area contributed by atoms with Gasteiger partial charge in [0.1, 0.15) is 0 Å². The first kappa shape index (κ1) is 11.8. The summed E-state index contributed by atoms with van der Waals surface area (Å²) in [7, 11) is 0. The van der Waals surface area contributed by atoms with E-state index in [-0.39, 0.29) is 0 Å². The molecule has 5 heteroatoms. The summed E-state index contributed by atoms with van der Waals surface area (Å²) in [5.74, 6) is 0. The zero-order valence-electron chi connectivity index (χ0n) is 9.15. The first-order valence-electron chi connectivity index (χ1n) is 5.32. The van der Waals surface area contributed by atoms with Crippen LogP contribution in [0.5, 0.6) is 0 Å². The van der Waals surface area contributed by atoms with Gasteiger partial charge in [-0.05, 0) is 42.5 Å². The number of aromatic amines is 1. The van der Waals surface area contributed by atoms with Crippen LogP contribution in [0.4, 0.5) is 0 Å². The van der Waals surface area contributed by atoms with Crippen LogP contribution in [0.25, 0.3) is 16.7 Å². The summed E-state index contributed by atoms with van der Waals surface area (Å²) in [4.78, 5) is 3.14. The SMILES string of the molecule is S=c1[nH]c2cccc(Cl)c2n1-c1cccc(Cl)c1. The summed E-state index contributed by atoms with van der Waals surface area (Å²) in [6, 6.07) is 13.2. The number of imidazole rings is 1. The zero-order valence-corrected chi connectivity index (χ0v) is 11.5. The summed E-state index contributed by atoms with van der Waals surface area (Å²) in [5.41, 5.74) is 2.67. The van der Waals surface area contributed by atoms with E-state index < -0.39 is 0 Å². The standard InChI is InChI=1S/C13H8Cl2N2S/c14-8-3-1-4-9(7-8)17-12-10(15)5-2-6-11(12)16-13(17)18/h1-7H,(H,16,18). The van der Waals surface area contributed by atoms with Gasteiger partial charge in [0, 0.05) is 10.7 Å². The van der Waals surface area contributed by atoms with E-state index >= 15 is 0 Å². The molecule has 3 aromatic rings. The molecule has 2 aromatic carbocycles. The number of nitrogens with one attached hydrogen (secondary N) is 1. The van der Waals surface area contributed by atoms with Gasteiger partial charge in [-0.3, -0.25) is 4.57 Å². The van der Waals surface area contributed by atoms with E-state index in [0.29, 0.717) is 14.8 Å². The van der Waals surface area contributed by atoms with E-state index in [1.165, 1.54) is 0 Å². The third-order valence-electron chi connectivity index (χ3n) is 2.72. The number of rotatable bonds is 1. The number of fused-ring (bicyclic) bond motifs is 1. The van der Waals surface area contributed by atoms with E-state index in [2.05, 4.69) is 4.98 Å². The van der Waals surface area contributed by atoms with E-state index in [9.17, 15) is 0 Å². The van der Waals surface area contributed by atoms with Crippen LogP contribution in [0.3, 0.4) is 0 Å². The first-order chi connectivity index (χ1) is 8.66. The minimum Gasteiger partial charge on any atom is -0.330 e. The summed E-state index contributed by atoms with van der Waals surface area (Å²) in [6.45, 7) is 0. The van der Waals surface area contributed by atoms with Gasteiger partial charge in [-0.2, -0.15) is 0 Å². The van der Waals surface area contributed by atoms with Crippen LogP contribution in [-0.2, 0) is 0 Å². The van der Waals surface area contributed by atoms with Gasteiger partial charge in [0.05, 0.1) is 16.1 Å². The van der Waals surface area contributed by atoms with Gasteiger partial charge in [0.25, 0.3) is 0 Å². The highest BCUT2D eigenvalue weighted by molar-refractivity contribution is 7.71. The minimum absolute atomic E-state index is 0.598. The Balaban J connectivity index is 2.42. The van der Waals surface area contributed by atoms with Crippen LogP contribution < -0.4 is 0 Å². The number of benzene rings is 2. The van der Waals surface area contributed by atoms with Crippen molar-refractivity contribution < 1.29 is 0 Å². The van der Waals surface area contributed by atoms with Gasteiger partial charge >= 0.3 is 0 Å². The van der Waals surface area contributed by atoms with Crippen molar-refractivity contribution in [1.29, 1.82) is 0 Å². The topological polar surface area (TPSA) is 20.7 Å². The molecule has 0 radical (unpaired) electrons. The Morgan fingerprint density at radius 3 is 2.61 bits per heavy atom. The van der Waals surface area contributed by atoms with E-state index in [1.54, 1.807) is 0 Å². The molecule has 0 bridgehead atoms. The average Bonchev–Trinajstić information content (AvgIpc) is 2.67. The lowest BCUT2D eigenvalue weighted by atomic mass is 10.3. The van der Waals surface area contributed by atoms with Crippen LogP contribution in [0, 0.1) is 4.77 Å². The second kappa shape index (κ2) is 4.43. The van der Waals surface area contributed by atoms with Crippen molar-refractivity contribution >= 4 is 46.5 Å². The highest BCUT2D eigenvalue weighted by atomic mass is 35.5. The van der Waals surface area contributed by atoms with E-state index in [1.807, 2.05) is 47.0 Å². The smallest absolute Gasteiger partial charge is 0.182 e. The molecule has 0 aliphatic rings. The maximum atomic E-state index is 6.25. The average molecular weight is 295 g/mol. The molecule has 0 spiro atoms. The van der Waals surface area contributed by atoms with Crippen LogP contribution in [-0.4, -0.2) is 9.55 Å². The molecule has 0 saturated heterocycles. The van der Waals surface area contributed by atoms with Gasteiger partial charge in [0.2, 0.25) is 0 Å². The molecule has 0 amide bonds. The molecular formula is C13H8Cl2N2S. The van der Waals surface area contributed by atoms with Crippen molar-refractivity contribution in [3.8, 4) is 5.69 Å². The fourth-order valence-corrected chi connectivity index (χ4v) is 2.73. The molecule has 3 rings (SSSR count). The summed E-state index contributed by atoms with van der Waals surface area (Å²) in [6.07, 6.45) is 0. The number of halogens is 2. The molecule has 18 heavy (non-hydrogen) atoms. The third kappa shape index (κ3) is 1.85. The number of hydrogen-bond acceptors (Lipinski definition) is 1. The van der Waals surface area contributed by atoms with Gasteiger partial charge in [-0.25, -0.2) is 0 Å². The number of hydrogen-bond donors (Lipinski definition) is 1. The molecule has 1 heterocycles. The normalized spacial score (nSPS) is 11.0. The number of H-pyrrole nitrogens is 1. The van der Waals surface area contributed by atoms with Crippen molar-refractivity contribution in [2.75, 3.05) is 0 Å². The maximum Gasteiger partial charge on any atom is 0.182 e. The van der Waals surface area contributed by atoms with Gasteiger partial charge in [0.15, 0.2) is 4.77 Å². The largest absolute Gasteiger partial charge is 0.330 e. The van der Waals surface area contributed by atoms with Crippen molar-refractivity contribution in [2.24, 2.45) is 0 Å². The molecular weight excluding hydrogens is 287 g/mol. The Morgan fingerprint density at radius 2 is 1.83 bits per heavy atom. The quantitative estimate of drug-likeness (QED) is 0.627. The predicted octanol–water partition coefficient (Wildman–Crippen LogP) is 4.99. The molecule has 0 unspecified atom stereocenters. The lowest BCUT2D eigenvalue weighted by Gasteiger charge is -2.05. The Hall–Kier alpha value is -1.29. The van der Waals surface area contributed by atoms with Crippen LogP contribution in [0.1, 0.15) is 0 Å². The molecule has 0 fully saturated rings. The summed E-state index contributed by atoms with van der Waals surface area (Å²) in [5, 5.41) is 1.32. The predicted molar refractivity (Wildman–Crippen MR) is 78.5 cm³/mol. The fourth-order valence-electron chi connectivity index (χ4n) is 1.98. The molecule has 0 atom stereocenters. The lowest BCUT2D eigenvalue weighted by Crippen LogP contribution is -1.94.